The molecule has 0 radical (unpaired) electrons. The number of nitrogens with zero attached hydrogens (tertiary/aromatic N) is 3. The van der Waals surface area contributed by atoms with Crippen LogP contribution in [-0.4, -0.2) is 39.7 Å². The number of benzene rings is 1. The van der Waals surface area contributed by atoms with Gasteiger partial charge in [-0.15, -0.1) is 0 Å². The SMILES string of the molecule is CCOC(=O)[C@H]1CC[C@H](CC(=O)N2CCc3c(C)nn(Cc4ccc(F)cc4F)c3C2)CC1. The van der Waals surface area contributed by atoms with Crippen LogP contribution in [0, 0.1) is 30.4 Å². The lowest BCUT2D eigenvalue weighted by Gasteiger charge is -2.31. The lowest BCUT2D eigenvalue weighted by molar-refractivity contribution is -0.149. The smallest absolute Gasteiger partial charge is 0.308 e. The van der Waals surface area contributed by atoms with Crippen LogP contribution in [-0.2, 0) is 33.8 Å². The highest BCUT2D eigenvalue weighted by molar-refractivity contribution is 5.77. The molecule has 33 heavy (non-hydrogen) atoms. The van der Waals surface area contributed by atoms with E-state index in [0.717, 1.165) is 48.7 Å². The van der Waals surface area contributed by atoms with Crippen molar-refractivity contribution in [1.29, 1.82) is 0 Å². The zero-order valence-corrected chi connectivity index (χ0v) is 19.3. The minimum absolute atomic E-state index is 0.0435. The molecule has 0 N–H and O–H groups in total. The van der Waals surface area contributed by atoms with E-state index in [-0.39, 0.29) is 30.3 Å². The summed E-state index contributed by atoms with van der Waals surface area (Å²) in [5.41, 5.74) is 3.28. The highest BCUT2D eigenvalue weighted by Crippen LogP contribution is 2.33. The molecule has 1 aliphatic heterocycles. The quantitative estimate of drug-likeness (QED) is 0.609. The van der Waals surface area contributed by atoms with E-state index in [2.05, 4.69) is 5.10 Å². The maximum absolute atomic E-state index is 14.2. The van der Waals surface area contributed by atoms with Crippen molar-refractivity contribution in [1.82, 2.24) is 14.7 Å². The molecular weight excluding hydrogens is 428 g/mol. The lowest BCUT2D eigenvalue weighted by atomic mass is 9.80. The second-order valence-corrected chi connectivity index (χ2v) is 9.14. The summed E-state index contributed by atoms with van der Waals surface area (Å²) in [6, 6.07) is 3.56. The zero-order chi connectivity index (χ0) is 23.5. The first-order valence-corrected chi connectivity index (χ1v) is 11.8. The van der Waals surface area contributed by atoms with Gasteiger partial charge in [0.1, 0.15) is 11.6 Å². The summed E-state index contributed by atoms with van der Waals surface area (Å²) in [5, 5.41) is 4.57. The summed E-state index contributed by atoms with van der Waals surface area (Å²) in [7, 11) is 0. The molecule has 6 nitrogen and oxygen atoms in total. The monoisotopic (exact) mass is 459 g/mol. The Morgan fingerprint density at radius 2 is 1.94 bits per heavy atom. The Kier molecular flexibility index (Phi) is 7.10. The third-order valence-electron chi connectivity index (χ3n) is 6.96. The molecule has 4 rings (SSSR count). The standard InChI is InChI=1S/C25H31F2N3O3/c1-3-33-25(32)18-6-4-17(5-7-18)12-24(31)29-11-10-21-16(2)28-30(23(21)15-29)14-19-8-9-20(26)13-22(19)27/h8-9,13,17-18H,3-7,10-12,14-15H2,1-2H3/t17-,18-. The Hall–Kier alpha value is -2.77. The number of carbonyl (C=O) groups excluding carboxylic acids is 2. The molecule has 8 heteroatoms. The van der Waals surface area contributed by atoms with Crippen molar-refractivity contribution < 1.29 is 23.1 Å². The molecule has 1 aromatic heterocycles. The molecule has 0 bridgehead atoms. The molecule has 0 spiro atoms. The highest BCUT2D eigenvalue weighted by atomic mass is 19.1. The molecule has 2 aromatic rings. The fraction of sp³-hybridized carbons (Fsp3) is 0.560. The topological polar surface area (TPSA) is 64.4 Å². The van der Waals surface area contributed by atoms with Crippen LogP contribution in [0.5, 0.6) is 0 Å². The first-order valence-electron chi connectivity index (χ1n) is 11.8. The third kappa shape index (κ3) is 5.25. The Balaban J connectivity index is 1.38. The first kappa shape index (κ1) is 23.4. The number of fused-ring (bicyclic) bond motifs is 1. The number of rotatable bonds is 6. The molecule has 1 aromatic carbocycles. The molecule has 1 aliphatic carbocycles. The van der Waals surface area contributed by atoms with E-state index < -0.39 is 11.6 Å². The van der Waals surface area contributed by atoms with Gasteiger partial charge in [0.2, 0.25) is 5.91 Å². The minimum atomic E-state index is -0.608. The van der Waals surface area contributed by atoms with Crippen LogP contribution in [0.1, 0.15) is 61.5 Å². The van der Waals surface area contributed by atoms with Gasteiger partial charge in [-0.1, -0.05) is 6.07 Å². The van der Waals surface area contributed by atoms with Gasteiger partial charge >= 0.3 is 5.97 Å². The summed E-state index contributed by atoms with van der Waals surface area (Å²) >= 11 is 0. The number of hydrogen-bond donors (Lipinski definition) is 0. The Morgan fingerprint density at radius 1 is 1.18 bits per heavy atom. The van der Waals surface area contributed by atoms with Crippen molar-refractivity contribution >= 4 is 11.9 Å². The molecule has 2 heterocycles. The fourth-order valence-corrected chi connectivity index (χ4v) is 5.07. The zero-order valence-electron chi connectivity index (χ0n) is 19.3. The third-order valence-corrected chi connectivity index (χ3v) is 6.96. The van der Waals surface area contributed by atoms with Gasteiger partial charge in [-0.2, -0.15) is 5.10 Å². The van der Waals surface area contributed by atoms with E-state index in [1.807, 2.05) is 18.7 Å². The number of aryl methyl sites for hydroxylation is 1. The van der Waals surface area contributed by atoms with Gasteiger partial charge in [0.05, 0.1) is 37.0 Å². The van der Waals surface area contributed by atoms with E-state index >= 15 is 0 Å². The highest BCUT2D eigenvalue weighted by Gasteiger charge is 2.31. The number of halogens is 2. The van der Waals surface area contributed by atoms with Crippen molar-refractivity contribution in [3.05, 3.63) is 52.3 Å². The molecule has 178 valence electrons. The number of hydrogen-bond acceptors (Lipinski definition) is 4. The van der Waals surface area contributed by atoms with E-state index in [4.69, 9.17) is 4.74 Å². The molecule has 1 amide bonds. The lowest BCUT2D eigenvalue weighted by Crippen LogP contribution is -2.38. The maximum atomic E-state index is 14.2. The van der Waals surface area contributed by atoms with E-state index in [9.17, 15) is 18.4 Å². The van der Waals surface area contributed by atoms with Gasteiger partial charge in [-0.25, -0.2) is 8.78 Å². The first-order chi connectivity index (χ1) is 15.9. The number of amides is 1. The van der Waals surface area contributed by atoms with Gasteiger partial charge in [0.15, 0.2) is 0 Å². The van der Waals surface area contributed by atoms with E-state index in [1.54, 1.807) is 4.68 Å². The molecule has 2 aliphatic rings. The van der Waals surface area contributed by atoms with E-state index in [0.29, 0.717) is 38.1 Å². The average Bonchev–Trinajstić information content (AvgIpc) is 3.11. The number of ether oxygens (including phenoxy) is 1. The van der Waals surface area contributed by atoms with Crippen molar-refractivity contribution in [2.45, 2.75) is 65.5 Å². The molecule has 1 saturated carbocycles. The van der Waals surface area contributed by atoms with E-state index in [1.165, 1.54) is 12.1 Å². The fourth-order valence-electron chi connectivity index (χ4n) is 5.07. The van der Waals surface area contributed by atoms with Crippen LogP contribution >= 0.6 is 0 Å². The van der Waals surface area contributed by atoms with Gasteiger partial charge in [0, 0.05) is 24.6 Å². The van der Waals surface area contributed by atoms with Crippen LogP contribution in [0.3, 0.4) is 0 Å². The Bertz CT molecular complexity index is 1030. The van der Waals surface area contributed by atoms with Crippen LogP contribution in [0.15, 0.2) is 18.2 Å². The Morgan fingerprint density at radius 3 is 2.64 bits per heavy atom. The van der Waals surface area contributed by atoms with Gasteiger partial charge in [0.25, 0.3) is 0 Å². The number of aromatic nitrogens is 2. The largest absolute Gasteiger partial charge is 0.466 e. The second kappa shape index (κ2) is 10.0. The predicted octanol–water partition coefficient (Wildman–Crippen LogP) is 4.16. The van der Waals surface area contributed by atoms with Gasteiger partial charge < -0.3 is 9.64 Å². The molecule has 0 saturated heterocycles. The maximum Gasteiger partial charge on any atom is 0.308 e. The molecular formula is C25H31F2N3O3. The number of carbonyl (C=O) groups is 2. The van der Waals surface area contributed by atoms with Gasteiger partial charge in [-0.3, -0.25) is 14.3 Å². The average molecular weight is 460 g/mol. The van der Waals surface area contributed by atoms with Crippen molar-refractivity contribution in [3.63, 3.8) is 0 Å². The Labute approximate surface area is 192 Å². The van der Waals surface area contributed by atoms with Gasteiger partial charge in [-0.05, 0) is 63.5 Å². The number of esters is 1. The second-order valence-electron chi connectivity index (χ2n) is 9.14. The predicted molar refractivity (Wildman–Crippen MR) is 118 cm³/mol. The van der Waals surface area contributed by atoms with Crippen molar-refractivity contribution in [3.8, 4) is 0 Å². The molecule has 0 unspecified atom stereocenters. The van der Waals surface area contributed by atoms with Crippen LogP contribution in [0.25, 0.3) is 0 Å². The normalized spacial score (nSPS) is 20.4. The summed E-state index contributed by atoms with van der Waals surface area (Å²) in [5.74, 6) is -0.977. The van der Waals surface area contributed by atoms with Crippen LogP contribution in [0.2, 0.25) is 0 Å². The van der Waals surface area contributed by atoms with Crippen LogP contribution in [0.4, 0.5) is 8.78 Å². The summed E-state index contributed by atoms with van der Waals surface area (Å²) in [4.78, 5) is 26.9. The minimum Gasteiger partial charge on any atom is -0.466 e. The van der Waals surface area contributed by atoms with Crippen molar-refractivity contribution in [2.75, 3.05) is 13.2 Å². The summed E-state index contributed by atoms with van der Waals surface area (Å²) in [6.07, 6.45) is 4.45. The van der Waals surface area contributed by atoms with Crippen molar-refractivity contribution in [2.24, 2.45) is 11.8 Å². The summed E-state index contributed by atoms with van der Waals surface area (Å²) < 4.78 is 34.3. The molecule has 0 atom stereocenters. The summed E-state index contributed by atoms with van der Waals surface area (Å²) in [6.45, 7) is 5.42. The van der Waals surface area contributed by atoms with Crippen LogP contribution < -0.4 is 0 Å². The molecule has 1 fully saturated rings.